The van der Waals surface area contributed by atoms with Crippen LogP contribution in [0.1, 0.15) is 23.3 Å². The summed E-state index contributed by atoms with van der Waals surface area (Å²) in [4.78, 5) is 14.5. The van der Waals surface area contributed by atoms with E-state index in [1.54, 1.807) is 6.20 Å². The third kappa shape index (κ3) is 2.94. The zero-order valence-electron chi connectivity index (χ0n) is 8.29. The third-order valence-corrected chi connectivity index (χ3v) is 3.24. The van der Waals surface area contributed by atoms with Crippen LogP contribution in [0.3, 0.4) is 0 Å². The number of aromatic amines is 1. The molecule has 1 heterocycles. The van der Waals surface area contributed by atoms with E-state index in [1.165, 1.54) is 12.8 Å². The van der Waals surface area contributed by atoms with Crippen molar-refractivity contribution in [2.75, 3.05) is 6.54 Å². The van der Waals surface area contributed by atoms with Gasteiger partial charge in [0.1, 0.15) is 5.69 Å². The van der Waals surface area contributed by atoms with Gasteiger partial charge in [-0.25, -0.2) is 0 Å². The summed E-state index contributed by atoms with van der Waals surface area (Å²) in [5.41, 5.74) is 6.48. The molecule has 4 N–H and O–H groups in total. The number of H-pyrrole nitrogens is 1. The topological polar surface area (TPSA) is 70.9 Å². The van der Waals surface area contributed by atoms with Gasteiger partial charge in [0.15, 0.2) is 0 Å². The Labute approximate surface area is 102 Å². The van der Waals surface area contributed by atoms with E-state index in [-0.39, 0.29) is 11.9 Å². The molecule has 5 heteroatoms. The van der Waals surface area contributed by atoms with E-state index in [2.05, 4.69) is 32.9 Å². The van der Waals surface area contributed by atoms with Gasteiger partial charge < -0.3 is 16.0 Å². The van der Waals surface area contributed by atoms with Gasteiger partial charge in [-0.05, 0) is 47.4 Å². The van der Waals surface area contributed by atoms with Crippen molar-refractivity contribution >= 4 is 28.5 Å². The first-order chi connectivity index (χ1) is 7.16. The summed E-state index contributed by atoms with van der Waals surface area (Å²) < 4.78 is 1.03. The van der Waals surface area contributed by atoms with E-state index >= 15 is 0 Å². The van der Waals surface area contributed by atoms with Crippen molar-refractivity contribution in [2.45, 2.75) is 18.9 Å². The molecule has 1 aliphatic carbocycles. The summed E-state index contributed by atoms with van der Waals surface area (Å²) >= 11 is 2.16. The SMILES string of the molecule is NC(CNC(=O)c1cc(I)c[nH]1)C1CC1. The number of carbonyl (C=O) groups is 1. The molecular weight excluding hydrogens is 305 g/mol. The Kier molecular flexibility index (Phi) is 3.30. The highest BCUT2D eigenvalue weighted by atomic mass is 127. The minimum absolute atomic E-state index is 0.0750. The number of amides is 1. The molecule has 1 atom stereocenters. The molecule has 4 nitrogen and oxygen atoms in total. The maximum Gasteiger partial charge on any atom is 0.267 e. The Morgan fingerprint density at radius 1 is 1.73 bits per heavy atom. The lowest BCUT2D eigenvalue weighted by Crippen LogP contribution is -2.38. The molecule has 0 spiro atoms. The van der Waals surface area contributed by atoms with Gasteiger partial charge in [0, 0.05) is 22.4 Å². The molecule has 0 aromatic carbocycles. The Bertz CT molecular complexity index is 359. The van der Waals surface area contributed by atoms with Crippen LogP contribution in [-0.2, 0) is 0 Å². The molecule has 1 saturated carbocycles. The Hall–Kier alpha value is -0.560. The lowest BCUT2D eigenvalue weighted by molar-refractivity contribution is 0.0946. The van der Waals surface area contributed by atoms with Gasteiger partial charge >= 0.3 is 0 Å². The van der Waals surface area contributed by atoms with E-state index in [0.717, 1.165) is 3.57 Å². The van der Waals surface area contributed by atoms with Gasteiger partial charge in [-0.1, -0.05) is 0 Å². The lowest BCUT2D eigenvalue weighted by atomic mass is 10.2. The zero-order chi connectivity index (χ0) is 10.8. The smallest absolute Gasteiger partial charge is 0.267 e. The van der Waals surface area contributed by atoms with Gasteiger partial charge in [0.25, 0.3) is 5.91 Å². The monoisotopic (exact) mass is 319 g/mol. The van der Waals surface area contributed by atoms with Gasteiger partial charge in [0.2, 0.25) is 0 Å². The summed E-state index contributed by atoms with van der Waals surface area (Å²) in [6.07, 6.45) is 4.21. The maximum absolute atomic E-state index is 11.6. The number of rotatable bonds is 4. The first-order valence-electron chi connectivity index (χ1n) is 5.04. The number of carbonyl (C=O) groups excluding carboxylic acids is 1. The fourth-order valence-electron chi connectivity index (χ4n) is 1.50. The first kappa shape index (κ1) is 10.9. The van der Waals surface area contributed by atoms with Gasteiger partial charge in [-0.2, -0.15) is 0 Å². The molecule has 2 rings (SSSR count). The second-order valence-electron chi connectivity index (χ2n) is 3.94. The number of hydrogen-bond acceptors (Lipinski definition) is 2. The fraction of sp³-hybridized carbons (Fsp3) is 0.500. The van der Waals surface area contributed by atoms with Crippen molar-refractivity contribution in [3.63, 3.8) is 0 Å². The number of hydrogen-bond donors (Lipinski definition) is 3. The molecule has 0 aliphatic heterocycles. The van der Waals surface area contributed by atoms with Crippen molar-refractivity contribution in [1.29, 1.82) is 0 Å². The van der Waals surface area contributed by atoms with Crippen molar-refractivity contribution < 1.29 is 4.79 Å². The van der Waals surface area contributed by atoms with Crippen molar-refractivity contribution in [3.8, 4) is 0 Å². The third-order valence-electron chi connectivity index (χ3n) is 2.62. The molecule has 15 heavy (non-hydrogen) atoms. The predicted octanol–water partition coefficient (Wildman–Crippen LogP) is 1.09. The highest BCUT2D eigenvalue weighted by molar-refractivity contribution is 14.1. The normalized spacial score (nSPS) is 17.5. The maximum atomic E-state index is 11.6. The molecule has 0 bridgehead atoms. The van der Waals surface area contributed by atoms with Crippen LogP contribution in [0.25, 0.3) is 0 Å². The standard InChI is InChI=1S/C10H14IN3O/c11-7-3-9(13-4-7)10(15)14-5-8(12)6-1-2-6/h3-4,6,8,13H,1-2,5,12H2,(H,14,15). The van der Waals surface area contributed by atoms with Gasteiger partial charge in [0.05, 0.1) is 0 Å². The Morgan fingerprint density at radius 3 is 3.00 bits per heavy atom. The molecule has 82 valence electrons. The largest absolute Gasteiger partial charge is 0.356 e. The van der Waals surface area contributed by atoms with Crippen LogP contribution in [0.2, 0.25) is 0 Å². The molecule has 0 radical (unpaired) electrons. The van der Waals surface area contributed by atoms with E-state index in [1.807, 2.05) is 6.07 Å². The second-order valence-corrected chi connectivity index (χ2v) is 5.19. The molecule has 1 aromatic rings. The van der Waals surface area contributed by atoms with E-state index in [9.17, 15) is 4.79 Å². The average Bonchev–Trinajstić information content (AvgIpc) is 2.97. The highest BCUT2D eigenvalue weighted by Gasteiger charge is 2.28. The molecule has 1 aliphatic rings. The van der Waals surface area contributed by atoms with Crippen LogP contribution in [0.5, 0.6) is 0 Å². The molecule has 1 amide bonds. The van der Waals surface area contributed by atoms with Crippen LogP contribution in [0, 0.1) is 9.49 Å². The number of aromatic nitrogens is 1. The molecule has 1 unspecified atom stereocenters. The zero-order valence-corrected chi connectivity index (χ0v) is 10.5. The van der Waals surface area contributed by atoms with Crippen LogP contribution < -0.4 is 11.1 Å². The molecular formula is C10H14IN3O. The molecule has 1 fully saturated rings. The quantitative estimate of drug-likeness (QED) is 0.727. The van der Waals surface area contributed by atoms with Crippen LogP contribution >= 0.6 is 22.6 Å². The first-order valence-corrected chi connectivity index (χ1v) is 6.12. The summed E-state index contributed by atoms with van der Waals surface area (Å²) in [6, 6.07) is 1.93. The molecule has 0 saturated heterocycles. The van der Waals surface area contributed by atoms with E-state index < -0.39 is 0 Å². The Balaban J connectivity index is 1.81. The second kappa shape index (κ2) is 4.52. The minimum atomic E-state index is -0.0750. The van der Waals surface area contributed by atoms with Gasteiger partial charge in [-0.3, -0.25) is 4.79 Å². The number of halogens is 1. The van der Waals surface area contributed by atoms with E-state index in [0.29, 0.717) is 18.2 Å². The summed E-state index contributed by atoms with van der Waals surface area (Å²) in [6.45, 7) is 0.569. The van der Waals surface area contributed by atoms with Crippen molar-refractivity contribution in [1.82, 2.24) is 10.3 Å². The Morgan fingerprint density at radius 2 is 2.47 bits per heavy atom. The van der Waals surface area contributed by atoms with Crippen molar-refractivity contribution in [2.24, 2.45) is 11.7 Å². The average molecular weight is 319 g/mol. The highest BCUT2D eigenvalue weighted by Crippen LogP contribution is 2.31. The summed E-state index contributed by atoms with van der Waals surface area (Å²) in [5.74, 6) is 0.545. The predicted molar refractivity (Wildman–Crippen MR) is 66.5 cm³/mol. The minimum Gasteiger partial charge on any atom is -0.356 e. The summed E-state index contributed by atoms with van der Waals surface area (Å²) in [7, 11) is 0. The number of nitrogens with two attached hydrogens (primary N) is 1. The van der Waals surface area contributed by atoms with Gasteiger partial charge in [-0.15, -0.1) is 0 Å². The summed E-state index contributed by atoms with van der Waals surface area (Å²) in [5, 5.41) is 2.83. The molecule has 1 aromatic heterocycles. The fourth-order valence-corrected chi connectivity index (χ4v) is 1.96. The van der Waals surface area contributed by atoms with Crippen molar-refractivity contribution in [3.05, 3.63) is 21.5 Å². The van der Waals surface area contributed by atoms with Crippen LogP contribution in [-0.4, -0.2) is 23.5 Å². The van der Waals surface area contributed by atoms with Crippen LogP contribution in [0.15, 0.2) is 12.3 Å². The lowest BCUT2D eigenvalue weighted by Gasteiger charge is -2.10. The van der Waals surface area contributed by atoms with E-state index in [4.69, 9.17) is 5.73 Å². The number of nitrogens with one attached hydrogen (secondary N) is 2. The van der Waals surface area contributed by atoms with Crippen LogP contribution in [0.4, 0.5) is 0 Å².